The third-order valence-corrected chi connectivity index (χ3v) is 3.40. The molecule has 0 spiro atoms. The number of halogens is 1. The maximum Gasteiger partial charge on any atom is 0.122 e. The van der Waals surface area contributed by atoms with Crippen LogP contribution in [0.5, 0.6) is 0 Å². The van der Waals surface area contributed by atoms with Crippen LogP contribution in [0.25, 0.3) is 0 Å². The lowest BCUT2D eigenvalue weighted by molar-refractivity contribution is 0.207. The molecule has 0 amide bonds. The second-order valence-electron chi connectivity index (χ2n) is 4.46. The topological polar surface area (TPSA) is 38.0 Å². The highest BCUT2D eigenvalue weighted by Crippen LogP contribution is 2.30. The lowest BCUT2D eigenvalue weighted by Gasteiger charge is -2.16. The molecule has 4 heteroatoms. The van der Waals surface area contributed by atoms with Crippen LogP contribution in [0, 0.1) is 13.8 Å². The van der Waals surface area contributed by atoms with Gasteiger partial charge in [-0.3, -0.25) is 4.68 Å². The van der Waals surface area contributed by atoms with Crippen LogP contribution >= 0.6 is 11.6 Å². The van der Waals surface area contributed by atoms with Crippen LogP contribution in [0.2, 0.25) is 5.02 Å². The average molecular weight is 265 g/mol. The number of aliphatic hydroxyl groups excluding tert-OH is 1. The SMILES string of the molecule is CCn1ncc(Cl)c1C(O)c1ccc(C)cc1C. The monoisotopic (exact) mass is 264 g/mol. The Bertz CT molecular complexity index is 563. The molecule has 2 aromatic rings. The van der Waals surface area contributed by atoms with Crippen LogP contribution in [-0.2, 0) is 6.54 Å². The summed E-state index contributed by atoms with van der Waals surface area (Å²) in [6.07, 6.45) is 0.841. The molecule has 0 bridgehead atoms. The Morgan fingerprint density at radius 2 is 2.11 bits per heavy atom. The molecule has 0 aliphatic heterocycles. The fourth-order valence-corrected chi connectivity index (χ4v) is 2.42. The predicted molar refractivity (Wildman–Crippen MR) is 72.9 cm³/mol. The maximum atomic E-state index is 10.5. The summed E-state index contributed by atoms with van der Waals surface area (Å²) in [5.41, 5.74) is 3.77. The van der Waals surface area contributed by atoms with Gasteiger partial charge in [0, 0.05) is 6.54 Å². The molecule has 1 atom stereocenters. The van der Waals surface area contributed by atoms with E-state index in [0.717, 1.165) is 11.1 Å². The van der Waals surface area contributed by atoms with E-state index in [1.54, 1.807) is 10.9 Å². The van der Waals surface area contributed by atoms with E-state index in [4.69, 9.17) is 11.6 Å². The van der Waals surface area contributed by atoms with E-state index in [-0.39, 0.29) is 0 Å². The van der Waals surface area contributed by atoms with Gasteiger partial charge >= 0.3 is 0 Å². The Morgan fingerprint density at radius 3 is 2.72 bits per heavy atom. The molecule has 1 aromatic carbocycles. The summed E-state index contributed by atoms with van der Waals surface area (Å²) in [4.78, 5) is 0. The van der Waals surface area contributed by atoms with E-state index in [1.165, 1.54) is 5.56 Å². The zero-order valence-electron chi connectivity index (χ0n) is 10.8. The summed E-state index contributed by atoms with van der Waals surface area (Å²) in [7, 11) is 0. The Balaban J connectivity index is 2.47. The Labute approximate surface area is 112 Å². The standard InChI is InChI=1S/C14H17ClN2O/c1-4-17-13(12(15)8-16-17)14(18)11-6-5-9(2)7-10(11)3/h5-8,14,18H,4H2,1-3H3. The van der Waals surface area contributed by atoms with Crippen LogP contribution in [-0.4, -0.2) is 14.9 Å². The van der Waals surface area contributed by atoms with Crippen molar-refractivity contribution >= 4 is 11.6 Å². The minimum atomic E-state index is -0.736. The molecule has 1 heterocycles. The summed E-state index contributed by atoms with van der Waals surface area (Å²) >= 11 is 6.11. The van der Waals surface area contributed by atoms with Crippen molar-refractivity contribution in [3.63, 3.8) is 0 Å². The van der Waals surface area contributed by atoms with Crippen molar-refractivity contribution < 1.29 is 5.11 Å². The van der Waals surface area contributed by atoms with Crippen LogP contribution < -0.4 is 0 Å². The van der Waals surface area contributed by atoms with Crippen LogP contribution in [0.15, 0.2) is 24.4 Å². The summed E-state index contributed by atoms with van der Waals surface area (Å²) in [5, 5.41) is 15.2. The lowest BCUT2D eigenvalue weighted by atomic mass is 9.99. The van der Waals surface area contributed by atoms with Gasteiger partial charge in [0.05, 0.1) is 16.9 Å². The number of aromatic nitrogens is 2. The normalized spacial score (nSPS) is 12.7. The first-order chi connectivity index (χ1) is 8.54. The minimum Gasteiger partial charge on any atom is -0.382 e. The zero-order valence-corrected chi connectivity index (χ0v) is 11.6. The van der Waals surface area contributed by atoms with Crippen LogP contribution in [0.3, 0.4) is 0 Å². The van der Waals surface area contributed by atoms with Crippen LogP contribution in [0.4, 0.5) is 0 Å². The highest BCUT2D eigenvalue weighted by atomic mass is 35.5. The first-order valence-corrected chi connectivity index (χ1v) is 6.38. The van der Waals surface area contributed by atoms with E-state index in [2.05, 4.69) is 11.2 Å². The van der Waals surface area contributed by atoms with Gasteiger partial charge in [-0.15, -0.1) is 0 Å². The van der Waals surface area contributed by atoms with Crippen molar-refractivity contribution in [3.05, 3.63) is 51.8 Å². The molecular formula is C14H17ClN2O. The Morgan fingerprint density at radius 1 is 1.39 bits per heavy atom. The molecule has 0 fully saturated rings. The Kier molecular flexibility index (Phi) is 3.73. The second-order valence-corrected chi connectivity index (χ2v) is 4.86. The molecule has 2 rings (SSSR count). The number of benzene rings is 1. The number of hydrogen-bond acceptors (Lipinski definition) is 2. The zero-order chi connectivity index (χ0) is 13.3. The van der Waals surface area contributed by atoms with Gasteiger partial charge in [0.1, 0.15) is 6.10 Å². The van der Waals surface area contributed by atoms with Gasteiger partial charge in [0.25, 0.3) is 0 Å². The van der Waals surface area contributed by atoms with Crippen molar-refractivity contribution in [1.29, 1.82) is 0 Å². The van der Waals surface area contributed by atoms with E-state index < -0.39 is 6.10 Å². The molecule has 0 saturated heterocycles. The van der Waals surface area contributed by atoms with Crippen LogP contribution in [0.1, 0.15) is 35.4 Å². The first kappa shape index (κ1) is 13.1. The highest BCUT2D eigenvalue weighted by Gasteiger charge is 2.20. The first-order valence-electron chi connectivity index (χ1n) is 6.01. The number of rotatable bonds is 3. The lowest BCUT2D eigenvalue weighted by Crippen LogP contribution is -2.10. The minimum absolute atomic E-state index is 0.504. The van der Waals surface area contributed by atoms with E-state index >= 15 is 0 Å². The fourth-order valence-electron chi connectivity index (χ4n) is 2.18. The van der Waals surface area contributed by atoms with E-state index in [0.29, 0.717) is 17.3 Å². The molecule has 1 unspecified atom stereocenters. The van der Waals surface area contributed by atoms with Gasteiger partial charge in [-0.2, -0.15) is 5.10 Å². The molecule has 0 aliphatic carbocycles. The smallest absolute Gasteiger partial charge is 0.122 e. The van der Waals surface area contributed by atoms with Crippen molar-refractivity contribution in [3.8, 4) is 0 Å². The van der Waals surface area contributed by atoms with Crippen molar-refractivity contribution in [2.75, 3.05) is 0 Å². The molecular weight excluding hydrogens is 248 g/mol. The second kappa shape index (κ2) is 5.12. The number of hydrogen-bond donors (Lipinski definition) is 1. The molecule has 1 N–H and O–H groups in total. The molecule has 3 nitrogen and oxygen atoms in total. The summed E-state index contributed by atoms with van der Waals surface area (Å²) in [6.45, 7) is 6.68. The van der Waals surface area contributed by atoms with Gasteiger partial charge in [-0.1, -0.05) is 35.4 Å². The molecule has 18 heavy (non-hydrogen) atoms. The molecule has 0 saturated carbocycles. The Hall–Kier alpha value is -1.32. The quantitative estimate of drug-likeness (QED) is 0.924. The van der Waals surface area contributed by atoms with Gasteiger partial charge in [0.2, 0.25) is 0 Å². The number of nitrogens with zero attached hydrogens (tertiary/aromatic N) is 2. The molecule has 0 aliphatic rings. The summed E-state index contributed by atoms with van der Waals surface area (Å²) in [6, 6.07) is 5.99. The van der Waals surface area contributed by atoms with Gasteiger partial charge in [0.15, 0.2) is 0 Å². The fraction of sp³-hybridized carbons (Fsp3) is 0.357. The molecule has 1 aromatic heterocycles. The third-order valence-electron chi connectivity index (χ3n) is 3.11. The van der Waals surface area contributed by atoms with Crippen molar-refractivity contribution in [2.24, 2.45) is 0 Å². The van der Waals surface area contributed by atoms with Crippen molar-refractivity contribution in [2.45, 2.75) is 33.4 Å². The maximum absolute atomic E-state index is 10.5. The van der Waals surface area contributed by atoms with Crippen molar-refractivity contribution in [1.82, 2.24) is 9.78 Å². The number of aliphatic hydroxyl groups is 1. The summed E-state index contributed by atoms with van der Waals surface area (Å²) < 4.78 is 1.73. The van der Waals surface area contributed by atoms with Gasteiger partial charge in [-0.05, 0) is 31.9 Å². The number of aryl methyl sites for hydroxylation is 3. The summed E-state index contributed by atoms with van der Waals surface area (Å²) in [5.74, 6) is 0. The highest BCUT2D eigenvalue weighted by molar-refractivity contribution is 6.31. The molecule has 96 valence electrons. The van der Waals surface area contributed by atoms with Gasteiger partial charge in [-0.25, -0.2) is 0 Å². The average Bonchev–Trinajstić information content (AvgIpc) is 2.69. The van der Waals surface area contributed by atoms with E-state index in [1.807, 2.05) is 32.9 Å². The molecule has 0 radical (unpaired) electrons. The van der Waals surface area contributed by atoms with Gasteiger partial charge < -0.3 is 5.11 Å². The van der Waals surface area contributed by atoms with E-state index in [9.17, 15) is 5.11 Å². The largest absolute Gasteiger partial charge is 0.382 e. The third kappa shape index (κ3) is 2.28. The predicted octanol–water partition coefficient (Wildman–Crippen LogP) is 3.25.